The molecule has 2 heterocycles. The standard InChI is InChI=1S/C18H22N4O2/c1-24-15-7-4-5-13(11-15)17-16(12-21-22-17)18(23)20-10-8-14-6-2-3-9-19-14/h2-7,9,11,16-17,21-22H,8,10,12H2,1H3,(H,20,23). The fourth-order valence-corrected chi connectivity index (χ4v) is 2.88. The number of hydrogen-bond acceptors (Lipinski definition) is 5. The molecule has 3 N–H and O–H groups in total. The first-order valence-corrected chi connectivity index (χ1v) is 8.08. The predicted molar refractivity (Wildman–Crippen MR) is 91.3 cm³/mol. The fraction of sp³-hybridized carbons (Fsp3) is 0.333. The summed E-state index contributed by atoms with van der Waals surface area (Å²) >= 11 is 0. The van der Waals surface area contributed by atoms with Crippen LogP contribution >= 0.6 is 0 Å². The number of hydrogen-bond donors (Lipinski definition) is 3. The van der Waals surface area contributed by atoms with Gasteiger partial charge in [-0.05, 0) is 29.8 Å². The third-order valence-corrected chi connectivity index (χ3v) is 4.18. The van der Waals surface area contributed by atoms with Gasteiger partial charge in [-0.2, -0.15) is 0 Å². The van der Waals surface area contributed by atoms with Gasteiger partial charge in [-0.15, -0.1) is 0 Å². The van der Waals surface area contributed by atoms with Crippen molar-refractivity contribution in [2.45, 2.75) is 12.5 Å². The molecule has 0 spiro atoms. The van der Waals surface area contributed by atoms with E-state index in [0.29, 0.717) is 13.1 Å². The van der Waals surface area contributed by atoms with Gasteiger partial charge < -0.3 is 10.1 Å². The Morgan fingerprint density at radius 3 is 3.04 bits per heavy atom. The van der Waals surface area contributed by atoms with Crippen LogP contribution in [0, 0.1) is 5.92 Å². The molecule has 2 atom stereocenters. The van der Waals surface area contributed by atoms with Crippen LogP contribution in [0.3, 0.4) is 0 Å². The number of nitrogens with zero attached hydrogens (tertiary/aromatic N) is 1. The van der Waals surface area contributed by atoms with Crippen molar-refractivity contribution in [2.24, 2.45) is 5.92 Å². The predicted octanol–water partition coefficient (Wildman–Crippen LogP) is 1.21. The highest BCUT2D eigenvalue weighted by Crippen LogP contribution is 2.27. The Hall–Kier alpha value is -2.44. The molecule has 1 aliphatic heterocycles. The Bertz CT molecular complexity index is 678. The molecule has 1 aromatic carbocycles. The van der Waals surface area contributed by atoms with E-state index in [1.165, 1.54) is 0 Å². The summed E-state index contributed by atoms with van der Waals surface area (Å²) in [6.45, 7) is 1.18. The van der Waals surface area contributed by atoms with Gasteiger partial charge in [-0.25, -0.2) is 5.43 Å². The average molecular weight is 326 g/mol. The summed E-state index contributed by atoms with van der Waals surface area (Å²) < 4.78 is 5.27. The van der Waals surface area contributed by atoms with Crippen molar-refractivity contribution in [3.05, 3.63) is 59.9 Å². The summed E-state index contributed by atoms with van der Waals surface area (Å²) in [7, 11) is 1.64. The number of nitrogens with one attached hydrogen (secondary N) is 3. The zero-order valence-corrected chi connectivity index (χ0v) is 13.7. The second-order valence-corrected chi connectivity index (χ2v) is 5.75. The number of rotatable bonds is 6. The molecule has 0 aliphatic carbocycles. The molecule has 0 saturated carbocycles. The highest BCUT2D eigenvalue weighted by atomic mass is 16.5. The molecule has 1 amide bonds. The maximum absolute atomic E-state index is 12.5. The molecule has 1 aliphatic rings. The molecule has 24 heavy (non-hydrogen) atoms. The molecule has 3 rings (SSSR count). The summed E-state index contributed by atoms with van der Waals surface area (Å²) in [6.07, 6.45) is 2.49. The topological polar surface area (TPSA) is 75.3 Å². The van der Waals surface area contributed by atoms with Crippen LogP contribution in [0.5, 0.6) is 5.75 Å². The number of aromatic nitrogens is 1. The van der Waals surface area contributed by atoms with E-state index in [0.717, 1.165) is 23.4 Å². The van der Waals surface area contributed by atoms with E-state index in [2.05, 4.69) is 21.2 Å². The van der Waals surface area contributed by atoms with Crippen LogP contribution in [0.4, 0.5) is 0 Å². The van der Waals surface area contributed by atoms with E-state index in [9.17, 15) is 4.79 Å². The van der Waals surface area contributed by atoms with Crippen LogP contribution in [-0.2, 0) is 11.2 Å². The van der Waals surface area contributed by atoms with E-state index in [4.69, 9.17) is 4.74 Å². The highest BCUT2D eigenvalue weighted by molar-refractivity contribution is 5.80. The molecule has 0 bridgehead atoms. The second kappa shape index (κ2) is 7.90. The normalized spacial score (nSPS) is 19.9. The molecule has 6 heteroatoms. The van der Waals surface area contributed by atoms with Crippen LogP contribution in [-0.4, -0.2) is 31.1 Å². The van der Waals surface area contributed by atoms with Crippen molar-refractivity contribution < 1.29 is 9.53 Å². The van der Waals surface area contributed by atoms with Gasteiger partial charge in [0.2, 0.25) is 5.91 Å². The van der Waals surface area contributed by atoms with Crippen LogP contribution in [0.15, 0.2) is 48.7 Å². The first kappa shape index (κ1) is 16.4. The van der Waals surface area contributed by atoms with E-state index < -0.39 is 0 Å². The lowest BCUT2D eigenvalue weighted by atomic mass is 9.94. The zero-order valence-electron chi connectivity index (χ0n) is 13.7. The fourth-order valence-electron chi connectivity index (χ4n) is 2.88. The van der Waals surface area contributed by atoms with Crippen LogP contribution in [0.1, 0.15) is 17.3 Å². The third kappa shape index (κ3) is 3.90. The van der Waals surface area contributed by atoms with Crippen molar-refractivity contribution >= 4 is 5.91 Å². The number of carbonyl (C=O) groups is 1. The molecule has 6 nitrogen and oxygen atoms in total. The number of carbonyl (C=O) groups excluding carboxylic acids is 1. The number of amides is 1. The lowest BCUT2D eigenvalue weighted by Crippen LogP contribution is -2.36. The molecule has 2 aromatic rings. The molecule has 0 radical (unpaired) electrons. The van der Waals surface area contributed by atoms with Crippen molar-refractivity contribution in [1.29, 1.82) is 0 Å². The van der Waals surface area contributed by atoms with E-state index in [1.54, 1.807) is 13.3 Å². The highest BCUT2D eigenvalue weighted by Gasteiger charge is 2.33. The van der Waals surface area contributed by atoms with Crippen LogP contribution in [0.2, 0.25) is 0 Å². The molecular weight excluding hydrogens is 304 g/mol. The van der Waals surface area contributed by atoms with Crippen molar-refractivity contribution in [1.82, 2.24) is 21.2 Å². The Labute approximate surface area is 141 Å². The summed E-state index contributed by atoms with van der Waals surface area (Å²) in [5.41, 5.74) is 8.28. The number of methoxy groups -OCH3 is 1. The quantitative estimate of drug-likeness (QED) is 0.744. The average Bonchev–Trinajstić information content (AvgIpc) is 3.12. The van der Waals surface area contributed by atoms with Crippen LogP contribution < -0.4 is 20.9 Å². The van der Waals surface area contributed by atoms with Gasteiger partial charge in [-0.3, -0.25) is 15.2 Å². The SMILES string of the molecule is COc1cccc(C2NNCC2C(=O)NCCc2ccccn2)c1. The lowest BCUT2D eigenvalue weighted by molar-refractivity contribution is -0.124. The smallest absolute Gasteiger partial charge is 0.226 e. The van der Waals surface area contributed by atoms with E-state index in [1.807, 2.05) is 42.5 Å². The minimum absolute atomic E-state index is 0.0382. The minimum atomic E-state index is -0.166. The number of ether oxygens (including phenoxy) is 1. The maximum atomic E-state index is 12.5. The van der Waals surface area contributed by atoms with E-state index in [-0.39, 0.29) is 17.9 Å². The number of benzene rings is 1. The zero-order chi connectivity index (χ0) is 16.8. The molecule has 1 fully saturated rings. The van der Waals surface area contributed by atoms with Gasteiger partial charge >= 0.3 is 0 Å². The van der Waals surface area contributed by atoms with Crippen molar-refractivity contribution in [3.8, 4) is 5.75 Å². The lowest BCUT2D eigenvalue weighted by Gasteiger charge is -2.19. The van der Waals surface area contributed by atoms with Crippen molar-refractivity contribution in [3.63, 3.8) is 0 Å². The summed E-state index contributed by atoms with van der Waals surface area (Å²) in [6, 6.07) is 13.5. The van der Waals surface area contributed by atoms with Crippen molar-refractivity contribution in [2.75, 3.05) is 20.2 Å². The third-order valence-electron chi connectivity index (χ3n) is 4.18. The first-order valence-electron chi connectivity index (χ1n) is 8.08. The minimum Gasteiger partial charge on any atom is -0.497 e. The van der Waals surface area contributed by atoms with Gasteiger partial charge in [0.05, 0.1) is 19.1 Å². The monoisotopic (exact) mass is 326 g/mol. The Kier molecular flexibility index (Phi) is 5.40. The summed E-state index contributed by atoms with van der Waals surface area (Å²) in [4.78, 5) is 16.8. The van der Waals surface area contributed by atoms with Gasteiger partial charge in [-0.1, -0.05) is 18.2 Å². The molecule has 1 saturated heterocycles. The Morgan fingerprint density at radius 1 is 1.33 bits per heavy atom. The summed E-state index contributed by atoms with van der Waals surface area (Å²) in [5, 5.41) is 3.01. The number of hydrazine groups is 1. The largest absolute Gasteiger partial charge is 0.497 e. The maximum Gasteiger partial charge on any atom is 0.226 e. The molecule has 1 aromatic heterocycles. The van der Waals surface area contributed by atoms with E-state index >= 15 is 0 Å². The molecular formula is C18H22N4O2. The Morgan fingerprint density at radius 2 is 2.25 bits per heavy atom. The van der Waals surface area contributed by atoms with Gasteiger partial charge in [0, 0.05) is 31.4 Å². The molecule has 2 unspecified atom stereocenters. The van der Waals surface area contributed by atoms with Gasteiger partial charge in [0.25, 0.3) is 0 Å². The first-order chi connectivity index (χ1) is 11.8. The molecule has 126 valence electrons. The second-order valence-electron chi connectivity index (χ2n) is 5.75. The van der Waals surface area contributed by atoms with Gasteiger partial charge in [0.15, 0.2) is 0 Å². The van der Waals surface area contributed by atoms with Crippen LogP contribution in [0.25, 0.3) is 0 Å². The van der Waals surface area contributed by atoms with Gasteiger partial charge in [0.1, 0.15) is 5.75 Å². The Balaban J connectivity index is 1.59. The summed E-state index contributed by atoms with van der Waals surface area (Å²) in [5.74, 6) is 0.660. The number of pyridine rings is 1.